The van der Waals surface area contributed by atoms with E-state index in [-0.39, 0.29) is 24.5 Å². The van der Waals surface area contributed by atoms with E-state index >= 15 is 0 Å². The van der Waals surface area contributed by atoms with Gasteiger partial charge in [-0.3, -0.25) is 4.90 Å². The van der Waals surface area contributed by atoms with Gasteiger partial charge in [0, 0.05) is 5.56 Å². The van der Waals surface area contributed by atoms with Crippen LogP contribution in [-0.4, -0.2) is 23.7 Å². The van der Waals surface area contributed by atoms with E-state index in [1.807, 2.05) is 60.7 Å². The summed E-state index contributed by atoms with van der Waals surface area (Å²) in [6, 6.07) is 19.7. The molecule has 2 aromatic carbocycles. The topological polar surface area (TPSA) is 38.8 Å². The summed E-state index contributed by atoms with van der Waals surface area (Å²) >= 11 is 0. The Hall–Kier alpha value is -2.33. The summed E-state index contributed by atoms with van der Waals surface area (Å²) in [5, 5.41) is 0. The molecule has 106 valence electrons. The van der Waals surface area contributed by atoms with Crippen molar-refractivity contribution in [1.82, 2.24) is 4.90 Å². The predicted molar refractivity (Wildman–Crippen MR) is 76.4 cm³/mol. The van der Waals surface area contributed by atoms with E-state index in [1.54, 1.807) is 4.90 Å². The number of cyclic esters (lactones) is 1. The third kappa shape index (κ3) is 1.99. The molecular weight excluding hydrogens is 266 g/mol. The van der Waals surface area contributed by atoms with Crippen LogP contribution in [0.5, 0.6) is 0 Å². The van der Waals surface area contributed by atoms with Gasteiger partial charge in [0.25, 0.3) is 0 Å². The minimum Gasteiger partial charge on any atom is -0.446 e. The molecule has 0 spiro atoms. The van der Waals surface area contributed by atoms with Gasteiger partial charge in [-0.15, -0.1) is 0 Å². The van der Waals surface area contributed by atoms with Gasteiger partial charge in [-0.05, 0) is 5.56 Å². The first-order valence-electron chi connectivity index (χ1n) is 7.05. The molecular formula is C17H15NO3. The van der Waals surface area contributed by atoms with Crippen molar-refractivity contribution in [3.63, 3.8) is 0 Å². The molecule has 0 aromatic heterocycles. The standard InChI is InChI=1S/C17H15NO3/c19-17-18-15(12-7-3-1-4-8-12)14(11-20-17)21-16(18)13-9-5-2-6-10-13/h1-10,14-16H,11H2. The molecule has 2 fully saturated rings. The van der Waals surface area contributed by atoms with Gasteiger partial charge < -0.3 is 9.47 Å². The lowest BCUT2D eigenvalue weighted by atomic mass is 10.0. The van der Waals surface area contributed by atoms with Crippen molar-refractivity contribution in [3.8, 4) is 0 Å². The number of rotatable bonds is 2. The van der Waals surface area contributed by atoms with Gasteiger partial charge in [0.15, 0.2) is 6.23 Å². The molecule has 0 N–H and O–H groups in total. The monoisotopic (exact) mass is 281 g/mol. The van der Waals surface area contributed by atoms with Crippen molar-refractivity contribution in [2.45, 2.75) is 18.4 Å². The van der Waals surface area contributed by atoms with E-state index in [2.05, 4.69) is 0 Å². The van der Waals surface area contributed by atoms with Gasteiger partial charge in [0.05, 0.1) is 6.04 Å². The maximum absolute atomic E-state index is 12.2. The Kier molecular flexibility index (Phi) is 2.89. The summed E-state index contributed by atoms with van der Waals surface area (Å²) in [6.07, 6.45) is -0.821. The Labute approximate surface area is 122 Å². The van der Waals surface area contributed by atoms with Gasteiger partial charge in [-0.25, -0.2) is 4.79 Å². The minimum absolute atomic E-state index is 0.0855. The first-order chi connectivity index (χ1) is 10.3. The molecule has 2 aliphatic rings. The van der Waals surface area contributed by atoms with Crippen LogP contribution in [0.2, 0.25) is 0 Å². The van der Waals surface area contributed by atoms with Crippen molar-refractivity contribution < 1.29 is 14.3 Å². The molecule has 4 heteroatoms. The van der Waals surface area contributed by atoms with Crippen LogP contribution in [0.3, 0.4) is 0 Å². The Morgan fingerprint density at radius 1 is 0.905 bits per heavy atom. The zero-order valence-corrected chi connectivity index (χ0v) is 11.4. The molecule has 4 nitrogen and oxygen atoms in total. The molecule has 0 saturated carbocycles. The lowest BCUT2D eigenvalue weighted by Gasteiger charge is -2.32. The lowest BCUT2D eigenvalue weighted by molar-refractivity contribution is 0.0130. The van der Waals surface area contributed by atoms with E-state index in [0.29, 0.717) is 6.61 Å². The number of carbonyl (C=O) groups is 1. The minimum atomic E-state index is -0.378. The highest BCUT2D eigenvalue weighted by atomic mass is 16.6. The summed E-state index contributed by atoms with van der Waals surface area (Å²) in [6.45, 7) is 0.304. The lowest BCUT2D eigenvalue weighted by Crippen LogP contribution is -2.41. The molecule has 2 saturated heterocycles. The quantitative estimate of drug-likeness (QED) is 0.848. The van der Waals surface area contributed by atoms with E-state index in [9.17, 15) is 4.79 Å². The van der Waals surface area contributed by atoms with Gasteiger partial charge >= 0.3 is 6.09 Å². The average Bonchev–Trinajstić information content (AvgIpc) is 2.85. The van der Waals surface area contributed by atoms with Crippen LogP contribution >= 0.6 is 0 Å². The van der Waals surface area contributed by atoms with Crippen molar-refractivity contribution >= 4 is 6.09 Å². The molecule has 21 heavy (non-hydrogen) atoms. The van der Waals surface area contributed by atoms with E-state index in [0.717, 1.165) is 11.1 Å². The highest BCUT2D eigenvalue weighted by Crippen LogP contribution is 2.45. The zero-order valence-electron chi connectivity index (χ0n) is 11.4. The van der Waals surface area contributed by atoms with Gasteiger partial charge in [0.2, 0.25) is 0 Å². The van der Waals surface area contributed by atoms with Crippen LogP contribution in [-0.2, 0) is 9.47 Å². The first-order valence-corrected chi connectivity index (χ1v) is 7.05. The number of fused-ring (bicyclic) bond motifs is 2. The van der Waals surface area contributed by atoms with Crippen LogP contribution in [0, 0.1) is 0 Å². The fraction of sp³-hybridized carbons (Fsp3) is 0.235. The van der Waals surface area contributed by atoms with E-state index < -0.39 is 0 Å². The summed E-state index contributed by atoms with van der Waals surface area (Å²) in [5.41, 5.74) is 2.05. The second-order valence-corrected chi connectivity index (χ2v) is 5.28. The number of ether oxygens (including phenoxy) is 2. The highest BCUT2D eigenvalue weighted by Gasteiger charge is 2.50. The summed E-state index contributed by atoms with van der Waals surface area (Å²) < 4.78 is 11.3. The van der Waals surface area contributed by atoms with Crippen LogP contribution in [0.25, 0.3) is 0 Å². The molecule has 4 rings (SSSR count). The normalized spacial score (nSPS) is 27.5. The molecule has 0 aliphatic carbocycles. The van der Waals surface area contributed by atoms with Gasteiger partial charge in [0.1, 0.15) is 12.7 Å². The second kappa shape index (κ2) is 4.90. The van der Waals surface area contributed by atoms with Gasteiger partial charge in [-0.1, -0.05) is 60.7 Å². The number of hydrogen-bond acceptors (Lipinski definition) is 3. The summed E-state index contributed by atoms with van der Waals surface area (Å²) in [5.74, 6) is 0. The fourth-order valence-corrected chi connectivity index (χ4v) is 3.08. The Bertz CT molecular complexity index is 644. The maximum Gasteiger partial charge on any atom is 0.412 e. The van der Waals surface area contributed by atoms with Crippen molar-refractivity contribution in [2.75, 3.05) is 6.61 Å². The van der Waals surface area contributed by atoms with Crippen molar-refractivity contribution in [2.24, 2.45) is 0 Å². The van der Waals surface area contributed by atoms with E-state index in [1.165, 1.54) is 0 Å². The van der Waals surface area contributed by atoms with Gasteiger partial charge in [-0.2, -0.15) is 0 Å². The molecule has 2 bridgehead atoms. The molecule has 2 aromatic rings. The molecule has 3 unspecified atom stereocenters. The molecule has 2 aliphatic heterocycles. The smallest absolute Gasteiger partial charge is 0.412 e. The Morgan fingerprint density at radius 2 is 1.52 bits per heavy atom. The van der Waals surface area contributed by atoms with Crippen LogP contribution in [0.1, 0.15) is 23.4 Å². The predicted octanol–water partition coefficient (Wildman–Crippen LogP) is 3.28. The fourth-order valence-electron chi connectivity index (χ4n) is 3.08. The van der Waals surface area contributed by atoms with E-state index in [4.69, 9.17) is 9.47 Å². The van der Waals surface area contributed by atoms with Crippen LogP contribution in [0.4, 0.5) is 4.79 Å². The second-order valence-electron chi connectivity index (χ2n) is 5.28. The SMILES string of the molecule is O=C1OCC2OC(c3ccccc3)N1C2c1ccccc1. The molecule has 0 radical (unpaired) electrons. The molecule has 2 heterocycles. The number of hydrogen-bond donors (Lipinski definition) is 0. The van der Waals surface area contributed by atoms with Crippen LogP contribution < -0.4 is 0 Å². The van der Waals surface area contributed by atoms with Crippen molar-refractivity contribution in [1.29, 1.82) is 0 Å². The average molecular weight is 281 g/mol. The van der Waals surface area contributed by atoms with Crippen LogP contribution in [0.15, 0.2) is 60.7 Å². The number of nitrogens with zero attached hydrogens (tertiary/aromatic N) is 1. The summed E-state index contributed by atoms with van der Waals surface area (Å²) in [4.78, 5) is 14.0. The number of amides is 1. The number of benzene rings is 2. The Morgan fingerprint density at radius 3 is 2.19 bits per heavy atom. The maximum atomic E-state index is 12.2. The van der Waals surface area contributed by atoms with Crippen molar-refractivity contribution in [3.05, 3.63) is 71.8 Å². The largest absolute Gasteiger partial charge is 0.446 e. The molecule has 1 amide bonds. The number of carbonyl (C=O) groups excluding carboxylic acids is 1. The zero-order chi connectivity index (χ0) is 14.2. The third-order valence-corrected chi connectivity index (χ3v) is 4.02. The Balaban J connectivity index is 1.75. The third-order valence-electron chi connectivity index (χ3n) is 4.02. The molecule has 3 atom stereocenters. The highest BCUT2D eigenvalue weighted by molar-refractivity contribution is 5.70. The first kappa shape index (κ1) is 12.4. The summed E-state index contributed by atoms with van der Waals surface area (Å²) in [7, 11) is 0.